The normalized spacial score (nSPS) is 11.9. The maximum absolute atomic E-state index is 12.4. The highest BCUT2D eigenvalue weighted by molar-refractivity contribution is 5.94. The number of rotatable bonds is 6. The first-order valence-corrected chi connectivity index (χ1v) is 8.39. The number of nitriles is 1. The highest BCUT2D eigenvalue weighted by atomic mass is 16.1. The second kappa shape index (κ2) is 7.66. The third-order valence-corrected chi connectivity index (χ3v) is 3.81. The van der Waals surface area contributed by atoms with E-state index in [0.717, 1.165) is 12.2 Å². The molecule has 7 heteroatoms. The monoisotopic (exact) mass is 348 g/mol. The van der Waals surface area contributed by atoms with Crippen molar-refractivity contribution in [3.63, 3.8) is 0 Å². The number of carbonyl (C=O) groups excluding carboxylic acids is 1. The van der Waals surface area contributed by atoms with E-state index in [1.54, 1.807) is 28.0 Å². The molecular formula is C19H20N6O. The van der Waals surface area contributed by atoms with Gasteiger partial charge in [0, 0.05) is 24.5 Å². The molecule has 132 valence electrons. The van der Waals surface area contributed by atoms with E-state index in [-0.39, 0.29) is 5.91 Å². The summed E-state index contributed by atoms with van der Waals surface area (Å²) in [5.41, 5.74) is 1.94. The molecule has 0 saturated heterocycles. The topological polar surface area (TPSA) is 88.5 Å². The maximum Gasteiger partial charge on any atom is 0.255 e. The zero-order valence-electron chi connectivity index (χ0n) is 14.7. The summed E-state index contributed by atoms with van der Waals surface area (Å²) in [5.74, 6) is 0.0977. The van der Waals surface area contributed by atoms with Gasteiger partial charge in [0.05, 0.1) is 29.7 Å². The minimum Gasteiger partial charge on any atom is -0.332 e. The van der Waals surface area contributed by atoms with Crippen LogP contribution in [-0.2, 0) is 6.54 Å². The second-order valence-corrected chi connectivity index (χ2v) is 6.43. The first-order chi connectivity index (χ1) is 12.6. The predicted molar refractivity (Wildman–Crippen MR) is 96.4 cm³/mol. The van der Waals surface area contributed by atoms with Gasteiger partial charge in [-0.05, 0) is 18.1 Å². The molecule has 0 spiro atoms. The van der Waals surface area contributed by atoms with Gasteiger partial charge in [0.25, 0.3) is 5.91 Å². The summed E-state index contributed by atoms with van der Waals surface area (Å²) in [6, 6.07) is 10.9. The Morgan fingerprint density at radius 2 is 1.96 bits per heavy atom. The van der Waals surface area contributed by atoms with Crippen LogP contribution in [0.3, 0.4) is 0 Å². The van der Waals surface area contributed by atoms with Crippen LogP contribution in [0.2, 0.25) is 0 Å². The van der Waals surface area contributed by atoms with Gasteiger partial charge in [-0.25, -0.2) is 4.68 Å². The fraction of sp³-hybridized carbons (Fsp3) is 0.263. The summed E-state index contributed by atoms with van der Waals surface area (Å²) in [4.78, 5) is 12.4. The Labute approximate surface area is 151 Å². The Kier molecular flexibility index (Phi) is 5.13. The van der Waals surface area contributed by atoms with Gasteiger partial charge in [0.1, 0.15) is 6.04 Å². The van der Waals surface area contributed by atoms with Gasteiger partial charge in [0.2, 0.25) is 0 Å². The quantitative estimate of drug-likeness (QED) is 0.742. The van der Waals surface area contributed by atoms with E-state index >= 15 is 0 Å². The zero-order valence-corrected chi connectivity index (χ0v) is 14.7. The van der Waals surface area contributed by atoms with Gasteiger partial charge in [-0.3, -0.25) is 9.48 Å². The predicted octanol–water partition coefficient (Wildman–Crippen LogP) is 2.72. The third kappa shape index (κ3) is 3.98. The van der Waals surface area contributed by atoms with Crippen LogP contribution < -0.4 is 5.32 Å². The fourth-order valence-corrected chi connectivity index (χ4v) is 2.57. The van der Waals surface area contributed by atoms with Crippen molar-refractivity contribution >= 4 is 5.91 Å². The van der Waals surface area contributed by atoms with Crippen LogP contribution in [0.5, 0.6) is 0 Å². The molecule has 0 aliphatic carbocycles. The fourth-order valence-electron chi connectivity index (χ4n) is 2.57. The summed E-state index contributed by atoms with van der Waals surface area (Å²) in [6.07, 6.45) is 6.53. The van der Waals surface area contributed by atoms with Crippen LogP contribution in [0.4, 0.5) is 0 Å². The van der Waals surface area contributed by atoms with Gasteiger partial charge in [-0.2, -0.15) is 15.5 Å². The lowest BCUT2D eigenvalue weighted by Crippen LogP contribution is -2.27. The van der Waals surface area contributed by atoms with Crippen molar-refractivity contribution in [1.82, 2.24) is 24.9 Å². The van der Waals surface area contributed by atoms with Crippen LogP contribution in [0.25, 0.3) is 5.69 Å². The van der Waals surface area contributed by atoms with Gasteiger partial charge in [-0.1, -0.05) is 32.0 Å². The molecule has 2 aromatic heterocycles. The molecule has 2 heterocycles. The summed E-state index contributed by atoms with van der Waals surface area (Å²) in [5, 5.41) is 20.6. The molecule has 3 rings (SSSR count). The Balaban J connectivity index is 1.72. The molecule has 1 N–H and O–H groups in total. The minimum atomic E-state index is -0.784. The lowest BCUT2D eigenvalue weighted by Gasteiger charge is -2.08. The standard InChI is InChI=1S/C19H20N6O/c1-14(2)11-24-12-16(10-21-24)19(26)23-18(8-20)15-9-22-25(13-15)17-6-4-3-5-7-17/h3-7,9-10,12-14,18H,11H2,1-2H3,(H,23,26)/t18-/m1/s1. The molecule has 7 nitrogen and oxygen atoms in total. The number of amides is 1. The van der Waals surface area contributed by atoms with E-state index < -0.39 is 6.04 Å². The lowest BCUT2D eigenvalue weighted by molar-refractivity contribution is 0.0945. The smallest absolute Gasteiger partial charge is 0.255 e. The molecule has 0 saturated carbocycles. The highest BCUT2D eigenvalue weighted by Gasteiger charge is 2.18. The molecule has 0 unspecified atom stereocenters. The number of aromatic nitrogens is 4. The summed E-state index contributed by atoms with van der Waals surface area (Å²) in [6.45, 7) is 4.90. The van der Waals surface area contributed by atoms with Gasteiger partial charge >= 0.3 is 0 Å². The number of hydrogen-bond donors (Lipinski definition) is 1. The molecule has 0 bridgehead atoms. The average Bonchev–Trinajstić information content (AvgIpc) is 3.29. The van der Waals surface area contributed by atoms with Crippen LogP contribution in [-0.4, -0.2) is 25.5 Å². The summed E-state index contributed by atoms with van der Waals surface area (Å²) in [7, 11) is 0. The van der Waals surface area contributed by atoms with E-state index in [4.69, 9.17) is 0 Å². The average molecular weight is 348 g/mol. The van der Waals surface area contributed by atoms with E-state index in [9.17, 15) is 10.1 Å². The Hall–Kier alpha value is -3.40. The molecule has 0 aliphatic rings. The van der Waals surface area contributed by atoms with Crippen LogP contribution in [0.1, 0.15) is 35.8 Å². The van der Waals surface area contributed by atoms with Crippen molar-refractivity contribution in [3.8, 4) is 11.8 Å². The molecule has 1 amide bonds. The molecule has 0 fully saturated rings. The number of hydrogen-bond acceptors (Lipinski definition) is 4. The number of benzene rings is 1. The van der Waals surface area contributed by atoms with Crippen molar-refractivity contribution in [2.75, 3.05) is 0 Å². The molecule has 1 atom stereocenters. The SMILES string of the molecule is CC(C)Cn1cc(C(=O)N[C@H](C#N)c2cnn(-c3ccccc3)c2)cn1. The Morgan fingerprint density at radius 1 is 1.19 bits per heavy atom. The largest absolute Gasteiger partial charge is 0.332 e. The van der Waals surface area contributed by atoms with Crippen molar-refractivity contribution in [2.24, 2.45) is 5.92 Å². The Bertz CT molecular complexity index is 919. The van der Waals surface area contributed by atoms with Crippen molar-refractivity contribution < 1.29 is 4.79 Å². The molecular weight excluding hydrogens is 328 g/mol. The van der Waals surface area contributed by atoms with Gasteiger partial charge in [0.15, 0.2) is 0 Å². The molecule has 1 aromatic carbocycles. The van der Waals surface area contributed by atoms with Crippen LogP contribution in [0.15, 0.2) is 55.1 Å². The van der Waals surface area contributed by atoms with Gasteiger partial charge in [-0.15, -0.1) is 0 Å². The zero-order chi connectivity index (χ0) is 18.5. The Morgan fingerprint density at radius 3 is 2.65 bits per heavy atom. The number of nitrogens with zero attached hydrogens (tertiary/aromatic N) is 5. The van der Waals surface area contributed by atoms with Crippen LogP contribution in [0, 0.1) is 17.2 Å². The highest BCUT2D eigenvalue weighted by Crippen LogP contribution is 2.15. The van der Waals surface area contributed by atoms with E-state index in [0.29, 0.717) is 17.0 Å². The van der Waals surface area contributed by atoms with Gasteiger partial charge < -0.3 is 5.32 Å². The molecule has 0 radical (unpaired) electrons. The molecule has 26 heavy (non-hydrogen) atoms. The van der Waals surface area contributed by atoms with E-state index in [1.165, 1.54) is 6.20 Å². The maximum atomic E-state index is 12.4. The van der Waals surface area contributed by atoms with Crippen molar-refractivity contribution in [1.29, 1.82) is 5.26 Å². The van der Waals surface area contributed by atoms with E-state index in [2.05, 4.69) is 35.4 Å². The van der Waals surface area contributed by atoms with E-state index in [1.807, 2.05) is 30.3 Å². The van der Waals surface area contributed by atoms with Crippen molar-refractivity contribution in [2.45, 2.75) is 26.4 Å². The summed E-state index contributed by atoms with van der Waals surface area (Å²) >= 11 is 0. The number of nitrogens with one attached hydrogen (secondary N) is 1. The lowest BCUT2D eigenvalue weighted by atomic mass is 10.1. The number of carbonyl (C=O) groups is 1. The third-order valence-electron chi connectivity index (χ3n) is 3.81. The van der Waals surface area contributed by atoms with Crippen LogP contribution >= 0.6 is 0 Å². The minimum absolute atomic E-state index is 0.334. The molecule has 0 aliphatic heterocycles. The first-order valence-electron chi connectivity index (χ1n) is 8.39. The number of para-hydroxylation sites is 1. The summed E-state index contributed by atoms with van der Waals surface area (Å²) < 4.78 is 3.40. The second-order valence-electron chi connectivity index (χ2n) is 6.43. The first kappa shape index (κ1) is 17.4. The van der Waals surface area contributed by atoms with Crippen molar-refractivity contribution in [3.05, 3.63) is 66.2 Å². The molecule has 3 aromatic rings.